The fourth-order valence-corrected chi connectivity index (χ4v) is 13.8. The SMILES string of the molecule is CC1(C)[C@@H](O[C@H]2O[C@H](C(=O)O)[C@@H](O)[C@H](O)[C@H]2O[C@@H]2O[C@H](C(=O)O)[C@@H](O)[C@H](O)[C@H]2O)CC[C@]2(C)[C@H]3C(=O)C=C4[C@@H]5C[C@@](C)(C(=O)O)CC[C@]5(C)CC[C@@]4(C)[C@]3(C)CC[C@@H]12.N[C@@H](CCC(=O)O)C(=O)O. The highest BCUT2D eigenvalue weighted by molar-refractivity contribution is 5.95. The zero-order valence-electron chi connectivity index (χ0n) is 39.6. The first-order chi connectivity index (χ1) is 31.3. The van der Waals surface area contributed by atoms with Gasteiger partial charge in [0.25, 0.3) is 0 Å². The predicted octanol–water partition coefficient (Wildman–Crippen LogP) is 1.51. The largest absolute Gasteiger partial charge is 0.481 e. The Bertz CT molecular complexity index is 2030. The van der Waals surface area contributed by atoms with Crippen molar-refractivity contribution >= 4 is 35.6 Å². The fraction of sp³-hybridized carbons (Fsp3) is 0.830. The van der Waals surface area contributed by atoms with Gasteiger partial charge in [0.2, 0.25) is 0 Å². The van der Waals surface area contributed by atoms with Gasteiger partial charge in [-0.3, -0.25) is 19.2 Å². The monoisotopic (exact) mass is 969 g/mol. The molecule has 0 bridgehead atoms. The quantitative estimate of drug-likeness (QED) is 0.131. The van der Waals surface area contributed by atoms with E-state index in [0.717, 1.165) is 37.7 Å². The summed E-state index contributed by atoms with van der Waals surface area (Å²) in [7, 11) is 0. The first kappa shape index (κ1) is 53.7. The van der Waals surface area contributed by atoms with Crippen LogP contribution in [0.15, 0.2) is 11.6 Å². The van der Waals surface area contributed by atoms with Crippen LogP contribution < -0.4 is 5.73 Å². The number of aliphatic hydroxyl groups excluding tert-OH is 5. The van der Waals surface area contributed by atoms with Crippen molar-refractivity contribution < 1.29 is 98.8 Å². The van der Waals surface area contributed by atoms with E-state index < -0.39 is 125 Å². The fourth-order valence-electron chi connectivity index (χ4n) is 13.8. The molecular weight excluding hydrogens is 899 g/mol. The highest BCUT2D eigenvalue weighted by atomic mass is 16.8. The molecule has 5 aliphatic carbocycles. The Morgan fingerprint density at radius 2 is 1.29 bits per heavy atom. The van der Waals surface area contributed by atoms with E-state index in [9.17, 15) is 69.6 Å². The van der Waals surface area contributed by atoms with E-state index in [1.54, 1.807) is 0 Å². The van der Waals surface area contributed by atoms with Crippen molar-refractivity contribution in [1.82, 2.24) is 0 Å². The number of hydrogen-bond donors (Lipinski definition) is 11. The van der Waals surface area contributed by atoms with Gasteiger partial charge in [0.15, 0.2) is 30.6 Å². The van der Waals surface area contributed by atoms with Crippen molar-refractivity contribution in [2.75, 3.05) is 0 Å². The third-order valence-electron chi connectivity index (χ3n) is 18.2. The molecule has 2 saturated heterocycles. The molecule has 21 nitrogen and oxygen atoms in total. The molecule has 2 aliphatic heterocycles. The number of ether oxygens (including phenoxy) is 4. The first-order valence-electron chi connectivity index (χ1n) is 23.5. The summed E-state index contributed by atoms with van der Waals surface area (Å²) < 4.78 is 23.4. The van der Waals surface area contributed by atoms with Gasteiger partial charge in [-0.15, -0.1) is 0 Å². The molecular formula is C47H71NO20. The van der Waals surface area contributed by atoms with Gasteiger partial charge in [-0.1, -0.05) is 47.1 Å². The zero-order valence-corrected chi connectivity index (χ0v) is 39.6. The molecule has 21 heteroatoms. The van der Waals surface area contributed by atoms with E-state index in [2.05, 4.69) is 27.7 Å². The summed E-state index contributed by atoms with van der Waals surface area (Å²) in [5.74, 6) is -6.67. The molecule has 20 atom stereocenters. The van der Waals surface area contributed by atoms with E-state index in [1.165, 1.54) is 0 Å². The summed E-state index contributed by atoms with van der Waals surface area (Å²) in [6.07, 6.45) is -12.5. The van der Waals surface area contributed by atoms with Crippen LogP contribution in [0, 0.1) is 50.2 Å². The Hall–Kier alpha value is -3.64. The van der Waals surface area contributed by atoms with Gasteiger partial charge in [-0.25, -0.2) is 9.59 Å². The second-order valence-electron chi connectivity index (χ2n) is 22.5. The van der Waals surface area contributed by atoms with Gasteiger partial charge in [0, 0.05) is 12.3 Å². The van der Waals surface area contributed by atoms with Crippen LogP contribution in [0.4, 0.5) is 0 Å². The molecule has 4 saturated carbocycles. The van der Waals surface area contributed by atoms with Crippen LogP contribution in [0.3, 0.4) is 0 Å². The van der Waals surface area contributed by atoms with Gasteiger partial charge >= 0.3 is 29.8 Å². The Balaban J connectivity index is 0.000000684. The number of nitrogens with two attached hydrogens (primary N) is 1. The number of carboxylic acids is 5. The maximum atomic E-state index is 14.8. The normalized spacial score (nSPS) is 46.7. The summed E-state index contributed by atoms with van der Waals surface area (Å²) in [5, 5.41) is 99.3. The lowest BCUT2D eigenvalue weighted by Crippen LogP contribution is -2.68. The maximum absolute atomic E-state index is 14.8. The van der Waals surface area contributed by atoms with Gasteiger partial charge in [0.05, 0.1) is 11.5 Å². The zero-order chi connectivity index (χ0) is 51.0. The van der Waals surface area contributed by atoms with E-state index in [4.69, 9.17) is 34.9 Å². The van der Waals surface area contributed by atoms with Crippen LogP contribution in [0.1, 0.15) is 119 Å². The summed E-state index contributed by atoms with van der Waals surface area (Å²) in [4.78, 5) is 71.2. The molecule has 2 heterocycles. The Kier molecular flexibility index (Phi) is 14.9. The smallest absolute Gasteiger partial charge is 0.335 e. The van der Waals surface area contributed by atoms with Crippen molar-refractivity contribution in [3.63, 3.8) is 0 Å². The molecule has 6 fully saturated rings. The number of hydrogen-bond acceptors (Lipinski definition) is 16. The first-order valence-corrected chi connectivity index (χ1v) is 23.5. The number of allylic oxidation sites excluding steroid dienone is 2. The van der Waals surface area contributed by atoms with Gasteiger partial charge in [-0.2, -0.15) is 0 Å². The highest BCUT2D eigenvalue weighted by Crippen LogP contribution is 2.75. The lowest BCUT2D eigenvalue weighted by Gasteiger charge is -2.70. The van der Waals surface area contributed by atoms with Crippen molar-refractivity contribution in [2.24, 2.45) is 56.0 Å². The average molecular weight is 970 g/mol. The van der Waals surface area contributed by atoms with Gasteiger partial charge in [0.1, 0.15) is 42.7 Å². The van der Waals surface area contributed by atoms with Crippen molar-refractivity contribution in [3.05, 3.63) is 11.6 Å². The molecule has 0 radical (unpaired) electrons. The minimum absolute atomic E-state index is 0.0217. The van der Waals surface area contributed by atoms with Crippen molar-refractivity contribution in [2.45, 2.75) is 193 Å². The molecule has 7 aliphatic rings. The average Bonchev–Trinajstić information content (AvgIpc) is 3.24. The minimum Gasteiger partial charge on any atom is -0.481 e. The number of carbonyl (C=O) groups excluding carboxylic acids is 1. The molecule has 0 aromatic heterocycles. The Morgan fingerprint density at radius 3 is 1.85 bits per heavy atom. The van der Waals surface area contributed by atoms with Gasteiger partial charge < -0.3 is 75.7 Å². The second kappa shape index (κ2) is 18.8. The third-order valence-corrected chi connectivity index (χ3v) is 18.2. The lowest BCUT2D eigenvalue weighted by atomic mass is 9.33. The molecule has 384 valence electrons. The number of aliphatic hydroxyl groups is 5. The molecule has 0 aromatic carbocycles. The van der Waals surface area contributed by atoms with E-state index >= 15 is 0 Å². The van der Waals surface area contributed by atoms with Crippen LogP contribution in [0.25, 0.3) is 0 Å². The molecule has 68 heavy (non-hydrogen) atoms. The number of fused-ring (bicyclic) bond motifs is 7. The molecule has 0 amide bonds. The number of carboxylic acid groups (broad SMARTS) is 5. The number of aliphatic carboxylic acids is 5. The third kappa shape index (κ3) is 9.02. The standard InChI is InChI=1S/C42H62O16.C5H9NO4/c1-37(2)21-8-11-42(7)31(20(43)16-18-19-17-39(4,36(53)54)13-12-38(19,3)14-15-41(18,42)6)40(21,5)10-9-22(37)55-35-30(26(47)25(46)29(57-35)33(51)52)58-34-27(48)23(44)24(45)28(56-34)32(49)50;6-3(5(9)10)1-2-4(7)8/h16,19,21-31,34-35,44-48H,8-15,17H2,1-7H3,(H,49,50)(H,51,52)(H,53,54);3H,1-2,6H2,(H,7,8)(H,9,10)/t19-,21-,22-,23-,24-,25-,26-,27+,28-,29-,30+,31+,34-,35-,38+,39-,40-,41+,42+;3-/m00/s1. The number of carbonyl (C=O) groups is 6. The highest BCUT2D eigenvalue weighted by Gasteiger charge is 2.71. The predicted molar refractivity (Wildman–Crippen MR) is 232 cm³/mol. The Morgan fingerprint density at radius 1 is 0.721 bits per heavy atom. The summed E-state index contributed by atoms with van der Waals surface area (Å²) in [6, 6.07) is -1.06. The molecule has 12 N–H and O–H groups in total. The van der Waals surface area contributed by atoms with Crippen LogP contribution in [-0.2, 0) is 47.7 Å². The summed E-state index contributed by atoms with van der Waals surface area (Å²) in [6.45, 7) is 14.8. The van der Waals surface area contributed by atoms with Gasteiger partial charge in [-0.05, 0) is 116 Å². The summed E-state index contributed by atoms with van der Waals surface area (Å²) in [5.41, 5.74) is 3.19. The maximum Gasteiger partial charge on any atom is 0.335 e. The Labute approximate surface area is 394 Å². The van der Waals surface area contributed by atoms with Crippen molar-refractivity contribution in [3.8, 4) is 0 Å². The van der Waals surface area contributed by atoms with Crippen LogP contribution >= 0.6 is 0 Å². The van der Waals surface area contributed by atoms with Crippen LogP contribution in [0.5, 0.6) is 0 Å². The topological polar surface area (TPSA) is 368 Å². The van der Waals surface area contributed by atoms with Crippen molar-refractivity contribution in [1.29, 1.82) is 0 Å². The van der Waals surface area contributed by atoms with E-state index in [-0.39, 0.29) is 47.2 Å². The molecule has 0 aromatic rings. The minimum atomic E-state index is -2.05. The number of rotatable bonds is 11. The van der Waals surface area contributed by atoms with Crippen LogP contribution in [-0.4, -0.2) is 160 Å². The molecule has 7 rings (SSSR count). The number of ketones is 1. The van der Waals surface area contributed by atoms with Crippen LogP contribution in [0.2, 0.25) is 0 Å². The lowest BCUT2D eigenvalue weighted by molar-refractivity contribution is -0.371. The van der Waals surface area contributed by atoms with E-state index in [1.807, 2.05) is 26.8 Å². The summed E-state index contributed by atoms with van der Waals surface area (Å²) >= 11 is 0. The molecule has 0 unspecified atom stereocenters. The molecule has 0 spiro atoms. The second-order valence-corrected chi connectivity index (χ2v) is 22.5. The van der Waals surface area contributed by atoms with E-state index in [0.29, 0.717) is 25.7 Å².